The number of rotatable bonds is 5. The molecule has 4 heteroatoms. The Labute approximate surface area is 153 Å². The van der Waals surface area contributed by atoms with Crippen LogP contribution in [0.2, 0.25) is 0 Å². The predicted octanol–water partition coefficient (Wildman–Crippen LogP) is 4.68. The quantitative estimate of drug-likeness (QED) is 0.578. The SMILES string of the molecule is Cc1ccc(C(=O)COC(=O)C2(c3ccc(F)cc3)CCCC2)cc1C. The summed E-state index contributed by atoms with van der Waals surface area (Å²) in [6, 6.07) is 11.5. The molecule has 26 heavy (non-hydrogen) atoms. The lowest BCUT2D eigenvalue weighted by atomic mass is 9.79. The first-order valence-electron chi connectivity index (χ1n) is 8.96. The molecule has 1 aliphatic rings. The number of carbonyl (C=O) groups excluding carboxylic acids is 2. The lowest BCUT2D eigenvalue weighted by Gasteiger charge is -2.27. The zero-order chi connectivity index (χ0) is 18.7. The van der Waals surface area contributed by atoms with Crippen molar-refractivity contribution >= 4 is 11.8 Å². The number of benzene rings is 2. The molecular weight excluding hydrogens is 331 g/mol. The predicted molar refractivity (Wildman–Crippen MR) is 97.8 cm³/mol. The smallest absolute Gasteiger partial charge is 0.317 e. The summed E-state index contributed by atoms with van der Waals surface area (Å²) in [4.78, 5) is 25.2. The maximum Gasteiger partial charge on any atom is 0.317 e. The maximum absolute atomic E-state index is 13.2. The normalized spacial score (nSPS) is 15.7. The molecule has 2 aromatic rings. The molecule has 2 aromatic carbocycles. The first-order chi connectivity index (χ1) is 12.4. The Morgan fingerprint density at radius 2 is 1.65 bits per heavy atom. The van der Waals surface area contributed by atoms with Gasteiger partial charge in [-0.25, -0.2) is 4.39 Å². The largest absolute Gasteiger partial charge is 0.457 e. The highest BCUT2D eigenvalue weighted by atomic mass is 19.1. The van der Waals surface area contributed by atoms with Crippen molar-refractivity contribution in [2.75, 3.05) is 6.61 Å². The summed E-state index contributed by atoms with van der Waals surface area (Å²) in [7, 11) is 0. The van der Waals surface area contributed by atoms with Crippen LogP contribution in [0.3, 0.4) is 0 Å². The van der Waals surface area contributed by atoms with Crippen LogP contribution in [0.4, 0.5) is 4.39 Å². The van der Waals surface area contributed by atoms with E-state index < -0.39 is 11.4 Å². The van der Waals surface area contributed by atoms with E-state index >= 15 is 0 Å². The minimum Gasteiger partial charge on any atom is -0.457 e. The van der Waals surface area contributed by atoms with Crippen LogP contribution in [0, 0.1) is 19.7 Å². The maximum atomic E-state index is 13.2. The highest BCUT2D eigenvalue weighted by Crippen LogP contribution is 2.42. The molecule has 0 N–H and O–H groups in total. The summed E-state index contributed by atoms with van der Waals surface area (Å²) >= 11 is 0. The van der Waals surface area contributed by atoms with Gasteiger partial charge in [0.2, 0.25) is 0 Å². The van der Waals surface area contributed by atoms with Crippen LogP contribution in [-0.2, 0) is 14.9 Å². The molecule has 136 valence electrons. The van der Waals surface area contributed by atoms with Gasteiger partial charge in [0, 0.05) is 5.56 Å². The topological polar surface area (TPSA) is 43.4 Å². The van der Waals surface area contributed by atoms with Gasteiger partial charge in [-0.05, 0) is 61.6 Å². The van der Waals surface area contributed by atoms with Gasteiger partial charge in [0.1, 0.15) is 5.82 Å². The third-order valence-corrected chi connectivity index (χ3v) is 5.41. The Morgan fingerprint density at radius 1 is 1.00 bits per heavy atom. The average Bonchev–Trinajstić information content (AvgIpc) is 3.13. The van der Waals surface area contributed by atoms with E-state index in [4.69, 9.17) is 4.74 Å². The van der Waals surface area contributed by atoms with Crippen molar-refractivity contribution < 1.29 is 18.7 Å². The van der Waals surface area contributed by atoms with Gasteiger partial charge in [-0.2, -0.15) is 0 Å². The zero-order valence-corrected chi connectivity index (χ0v) is 15.2. The molecule has 0 spiro atoms. The standard InChI is InChI=1S/C22H23FO3/c1-15-5-6-17(13-16(15)2)20(24)14-26-21(25)22(11-3-4-12-22)18-7-9-19(23)10-8-18/h5-10,13H,3-4,11-12,14H2,1-2H3. The van der Waals surface area contributed by atoms with Gasteiger partial charge >= 0.3 is 5.97 Å². The van der Waals surface area contributed by atoms with Gasteiger partial charge in [0.15, 0.2) is 12.4 Å². The molecule has 0 heterocycles. The van der Waals surface area contributed by atoms with Gasteiger partial charge in [0.25, 0.3) is 0 Å². The number of hydrogen-bond donors (Lipinski definition) is 0. The van der Waals surface area contributed by atoms with Crippen molar-refractivity contribution in [1.29, 1.82) is 0 Å². The van der Waals surface area contributed by atoms with E-state index in [0.29, 0.717) is 18.4 Å². The molecule has 1 fully saturated rings. The third-order valence-electron chi connectivity index (χ3n) is 5.41. The second-order valence-corrected chi connectivity index (χ2v) is 7.09. The van der Waals surface area contributed by atoms with Gasteiger partial charge < -0.3 is 4.74 Å². The highest BCUT2D eigenvalue weighted by molar-refractivity contribution is 5.98. The van der Waals surface area contributed by atoms with Crippen molar-refractivity contribution in [3.63, 3.8) is 0 Å². The van der Waals surface area contributed by atoms with Crippen LogP contribution in [0.1, 0.15) is 52.7 Å². The van der Waals surface area contributed by atoms with Crippen molar-refractivity contribution in [3.8, 4) is 0 Å². The number of halogens is 1. The number of hydrogen-bond acceptors (Lipinski definition) is 3. The van der Waals surface area contributed by atoms with Crippen molar-refractivity contribution in [2.45, 2.75) is 44.9 Å². The Hall–Kier alpha value is -2.49. The van der Waals surface area contributed by atoms with Crippen molar-refractivity contribution in [1.82, 2.24) is 0 Å². The Kier molecular flexibility index (Phi) is 5.21. The first kappa shape index (κ1) is 18.3. The van der Waals surface area contributed by atoms with Gasteiger partial charge in [0.05, 0.1) is 5.41 Å². The van der Waals surface area contributed by atoms with E-state index in [1.165, 1.54) is 12.1 Å². The van der Waals surface area contributed by atoms with Crippen LogP contribution in [-0.4, -0.2) is 18.4 Å². The first-order valence-corrected chi connectivity index (χ1v) is 8.96. The fraction of sp³-hybridized carbons (Fsp3) is 0.364. The lowest BCUT2D eigenvalue weighted by Crippen LogP contribution is -2.35. The van der Waals surface area contributed by atoms with E-state index in [2.05, 4.69) is 0 Å². The molecule has 3 rings (SSSR count). The number of esters is 1. The number of Topliss-reactive ketones (excluding diaryl/α,β-unsaturated/α-hetero) is 1. The van der Waals surface area contributed by atoms with Gasteiger partial charge in [-0.15, -0.1) is 0 Å². The third kappa shape index (κ3) is 3.55. The van der Waals surface area contributed by atoms with Crippen LogP contribution in [0.15, 0.2) is 42.5 Å². The molecule has 0 aromatic heterocycles. The number of ketones is 1. The Balaban J connectivity index is 1.73. The summed E-state index contributed by atoms with van der Waals surface area (Å²) in [6.07, 6.45) is 3.15. The van der Waals surface area contributed by atoms with E-state index in [1.54, 1.807) is 18.2 Å². The number of carbonyl (C=O) groups is 2. The van der Waals surface area contributed by atoms with E-state index in [9.17, 15) is 14.0 Å². The van der Waals surface area contributed by atoms with Crippen LogP contribution < -0.4 is 0 Å². The van der Waals surface area contributed by atoms with Crippen LogP contribution >= 0.6 is 0 Å². The van der Waals surface area contributed by atoms with E-state index in [1.807, 2.05) is 26.0 Å². The summed E-state index contributed by atoms with van der Waals surface area (Å²) < 4.78 is 18.7. The second-order valence-electron chi connectivity index (χ2n) is 7.09. The second kappa shape index (κ2) is 7.40. The molecule has 0 radical (unpaired) electrons. The van der Waals surface area contributed by atoms with Crippen molar-refractivity contribution in [2.24, 2.45) is 0 Å². The summed E-state index contributed by atoms with van der Waals surface area (Å²) in [6.45, 7) is 3.65. The summed E-state index contributed by atoms with van der Waals surface area (Å²) in [5.74, 6) is -0.937. The number of ether oxygens (including phenoxy) is 1. The number of aryl methyl sites for hydroxylation is 2. The van der Waals surface area contributed by atoms with Crippen molar-refractivity contribution in [3.05, 3.63) is 70.5 Å². The molecule has 0 amide bonds. The molecule has 1 saturated carbocycles. The molecule has 0 aliphatic heterocycles. The Bertz CT molecular complexity index is 818. The fourth-order valence-electron chi connectivity index (χ4n) is 3.63. The minimum absolute atomic E-state index is 0.214. The summed E-state index contributed by atoms with van der Waals surface area (Å²) in [5, 5.41) is 0. The molecule has 1 aliphatic carbocycles. The Morgan fingerprint density at radius 3 is 2.27 bits per heavy atom. The molecule has 0 unspecified atom stereocenters. The molecule has 0 bridgehead atoms. The van der Waals surface area contributed by atoms with Crippen LogP contribution in [0.5, 0.6) is 0 Å². The monoisotopic (exact) mass is 354 g/mol. The molecule has 0 saturated heterocycles. The van der Waals surface area contributed by atoms with Gasteiger partial charge in [-0.3, -0.25) is 9.59 Å². The van der Waals surface area contributed by atoms with Gasteiger partial charge in [-0.1, -0.05) is 37.1 Å². The molecular formula is C22H23FO3. The highest BCUT2D eigenvalue weighted by Gasteiger charge is 2.44. The fourth-order valence-corrected chi connectivity index (χ4v) is 3.63. The minimum atomic E-state index is -0.767. The van der Waals surface area contributed by atoms with E-state index in [0.717, 1.165) is 29.5 Å². The summed E-state index contributed by atoms with van der Waals surface area (Å²) in [5.41, 5.74) is 2.68. The lowest BCUT2D eigenvalue weighted by molar-refractivity contribution is -0.149. The zero-order valence-electron chi connectivity index (χ0n) is 15.2. The van der Waals surface area contributed by atoms with E-state index in [-0.39, 0.29) is 18.2 Å². The van der Waals surface area contributed by atoms with Crippen LogP contribution in [0.25, 0.3) is 0 Å². The average molecular weight is 354 g/mol. The molecule has 0 atom stereocenters. The molecule has 3 nitrogen and oxygen atoms in total.